The molecule has 1 aromatic rings. The van der Waals surface area contributed by atoms with Crippen LogP contribution < -0.4 is 10.7 Å². The first-order chi connectivity index (χ1) is 8.72. The van der Waals surface area contributed by atoms with Crippen molar-refractivity contribution in [1.29, 1.82) is 0 Å². The third-order valence-electron chi connectivity index (χ3n) is 3.11. The van der Waals surface area contributed by atoms with Crippen molar-refractivity contribution in [3.05, 3.63) is 40.8 Å². The second-order valence-corrected chi connectivity index (χ2v) is 5.72. The predicted molar refractivity (Wildman–Crippen MR) is 73.5 cm³/mol. The highest BCUT2D eigenvalue weighted by atomic mass is 32.2. The molecule has 0 aliphatic carbocycles. The molecule has 0 aromatic heterocycles. The van der Waals surface area contributed by atoms with Gasteiger partial charge in [-0.15, -0.1) is 4.41 Å². The molecule has 4 nitrogen and oxygen atoms in total. The van der Waals surface area contributed by atoms with Crippen LogP contribution >= 0.6 is 11.9 Å². The molecule has 1 aromatic carbocycles. The number of aryl methyl sites for hydroxylation is 1. The Morgan fingerprint density at radius 3 is 3.06 bits per heavy atom. The summed E-state index contributed by atoms with van der Waals surface area (Å²) in [6, 6.07) is 8.32. The molecular formula is C13H15N3OS. The minimum absolute atomic E-state index is 0.0492. The molecule has 5 heteroatoms. The largest absolute Gasteiger partial charge is 0.367 e. The maximum atomic E-state index is 11.5. The summed E-state index contributed by atoms with van der Waals surface area (Å²) in [6.45, 7) is 1.95. The van der Waals surface area contributed by atoms with E-state index in [1.807, 2.05) is 17.4 Å². The number of allylic oxidation sites excluding steroid dienone is 1. The molecule has 2 aliphatic heterocycles. The summed E-state index contributed by atoms with van der Waals surface area (Å²) in [6.07, 6.45) is 3.77. The zero-order valence-corrected chi connectivity index (χ0v) is 11.0. The van der Waals surface area contributed by atoms with Gasteiger partial charge < -0.3 is 5.32 Å². The zero-order valence-electron chi connectivity index (χ0n) is 10.1. The van der Waals surface area contributed by atoms with Crippen LogP contribution in [0.2, 0.25) is 0 Å². The van der Waals surface area contributed by atoms with Gasteiger partial charge in [0.25, 0.3) is 5.91 Å². The number of hydrogen-bond donors (Lipinski definition) is 2. The number of carbonyl (C=O) groups is 1. The summed E-state index contributed by atoms with van der Waals surface area (Å²) < 4.78 is 1.91. The summed E-state index contributed by atoms with van der Waals surface area (Å²) in [5.74, 6) is -0.0492. The summed E-state index contributed by atoms with van der Waals surface area (Å²) in [7, 11) is 0. The molecule has 2 heterocycles. The third kappa shape index (κ3) is 2.23. The van der Waals surface area contributed by atoms with Crippen LogP contribution in [0, 0.1) is 0 Å². The summed E-state index contributed by atoms with van der Waals surface area (Å²) in [4.78, 5) is 12.5. The van der Waals surface area contributed by atoms with Crippen LogP contribution in [0.5, 0.6) is 0 Å². The van der Waals surface area contributed by atoms with Crippen molar-refractivity contribution < 1.29 is 4.79 Å². The highest BCUT2D eigenvalue weighted by Gasteiger charge is 2.27. The molecule has 0 fully saturated rings. The fourth-order valence-corrected chi connectivity index (χ4v) is 3.16. The molecule has 0 saturated carbocycles. The monoisotopic (exact) mass is 261 g/mol. The number of nitrogens with one attached hydrogen (secondary N) is 2. The SMILES string of the molecule is CC1=CC(=O)NN(C2CCc3ccccc3N2)S1. The number of carbonyl (C=O) groups excluding carboxylic acids is 1. The van der Waals surface area contributed by atoms with E-state index in [-0.39, 0.29) is 12.1 Å². The number of fused-ring (bicyclic) bond motifs is 1. The maximum Gasteiger partial charge on any atom is 0.259 e. The first-order valence-electron chi connectivity index (χ1n) is 6.03. The van der Waals surface area contributed by atoms with Crippen molar-refractivity contribution in [3.8, 4) is 0 Å². The summed E-state index contributed by atoms with van der Waals surface area (Å²) in [5.41, 5.74) is 5.37. The predicted octanol–water partition coefficient (Wildman–Crippen LogP) is 2.27. The van der Waals surface area contributed by atoms with Crippen molar-refractivity contribution in [2.24, 2.45) is 0 Å². The molecule has 1 unspecified atom stereocenters. The van der Waals surface area contributed by atoms with E-state index in [1.54, 1.807) is 18.0 Å². The third-order valence-corrected chi connectivity index (χ3v) is 4.06. The van der Waals surface area contributed by atoms with E-state index >= 15 is 0 Å². The van der Waals surface area contributed by atoms with Crippen LogP contribution in [0.3, 0.4) is 0 Å². The van der Waals surface area contributed by atoms with Crippen molar-refractivity contribution in [3.63, 3.8) is 0 Å². The van der Waals surface area contributed by atoms with E-state index in [0.717, 1.165) is 23.4 Å². The average molecular weight is 261 g/mol. The van der Waals surface area contributed by atoms with Gasteiger partial charge in [-0.3, -0.25) is 10.2 Å². The Labute approximate surface area is 111 Å². The van der Waals surface area contributed by atoms with Crippen molar-refractivity contribution >= 4 is 23.5 Å². The van der Waals surface area contributed by atoms with Crippen LogP contribution in [-0.2, 0) is 11.2 Å². The minimum atomic E-state index is -0.0492. The lowest BCUT2D eigenvalue weighted by Crippen LogP contribution is -2.50. The Hall–Kier alpha value is -1.46. The van der Waals surface area contributed by atoms with Gasteiger partial charge in [-0.25, -0.2) is 0 Å². The van der Waals surface area contributed by atoms with E-state index in [2.05, 4.69) is 28.9 Å². The van der Waals surface area contributed by atoms with Crippen LogP contribution in [0.25, 0.3) is 0 Å². The molecule has 3 rings (SSSR count). The minimum Gasteiger partial charge on any atom is -0.367 e. The summed E-state index contributed by atoms with van der Waals surface area (Å²) in [5, 5.41) is 3.47. The molecule has 1 amide bonds. The van der Waals surface area contributed by atoms with Crippen LogP contribution in [0.1, 0.15) is 18.9 Å². The smallest absolute Gasteiger partial charge is 0.259 e. The highest BCUT2D eigenvalue weighted by Crippen LogP contribution is 2.31. The topological polar surface area (TPSA) is 44.4 Å². The second-order valence-electron chi connectivity index (χ2n) is 4.50. The Morgan fingerprint density at radius 2 is 2.22 bits per heavy atom. The van der Waals surface area contributed by atoms with Crippen LogP contribution in [0.15, 0.2) is 35.2 Å². The Kier molecular flexibility index (Phi) is 3.01. The fourth-order valence-electron chi connectivity index (χ4n) is 2.27. The van der Waals surface area contributed by atoms with Crippen molar-refractivity contribution in [2.75, 3.05) is 5.32 Å². The molecule has 0 bridgehead atoms. The molecule has 94 valence electrons. The number of hydrazine groups is 1. The van der Waals surface area contributed by atoms with Gasteiger partial charge in [0.05, 0.1) is 0 Å². The van der Waals surface area contributed by atoms with Gasteiger partial charge in [0.15, 0.2) is 0 Å². The molecule has 0 saturated heterocycles. The molecular weight excluding hydrogens is 246 g/mol. The molecule has 2 aliphatic rings. The Bertz CT molecular complexity index is 515. The normalized spacial score (nSPS) is 23.7. The standard InChI is InChI=1S/C13H15N3OS/c1-9-8-13(17)15-16(18-9)12-7-6-10-4-2-3-5-11(10)14-12/h2-5,8,12,14H,6-7H2,1H3,(H,15,17). The van der Waals surface area contributed by atoms with E-state index in [9.17, 15) is 4.79 Å². The van der Waals surface area contributed by atoms with Crippen LogP contribution in [0.4, 0.5) is 5.69 Å². The molecule has 1 atom stereocenters. The Morgan fingerprint density at radius 1 is 1.39 bits per heavy atom. The van der Waals surface area contributed by atoms with Crippen LogP contribution in [-0.4, -0.2) is 16.5 Å². The number of benzene rings is 1. The zero-order chi connectivity index (χ0) is 12.5. The van der Waals surface area contributed by atoms with Gasteiger partial charge >= 0.3 is 0 Å². The Balaban J connectivity index is 1.77. The van der Waals surface area contributed by atoms with E-state index in [4.69, 9.17) is 0 Å². The number of nitrogens with zero attached hydrogens (tertiary/aromatic N) is 1. The van der Waals surface area contributed by atoms with Gasteiger partial charge in [-0.1, -0.05) is 18.2 Å². The number of amides is 1. The first-order valence-corrected chi connectivity index (χ1v) is 6.80. The van der Waals surface area contributed by atoms with Gasteiger partial charge in [-0.05, 0) is 43.3 Å². The first kappa shape index (κ1) is 11.6. The molecule has 0 spiro atoms. The van der Waals surface area contributed by atoms with Crippen molar-refractivity contribution in [1.82, 2.24) is 9.84 Å². The number of hydrogen-bond acceptors (Lipinski definition) is 4. The lowest BCUT2D eigenvalue weighted by atomic mass is 10.0. The number of anilines is 1. The highest BCUT2D eigenvalue weighted by molar-refractivity contribution is 8.00. The van der Waals surface area contributed by atoms with Gasteiger partial charge in [0.1, 0.15) is 6.17 Å². The quantitative estimate of drug-likeness (QED) is 0.761. The maximum absolute atomic E-state index is 11.5. The fraction of sp³-hybridized carbons (Fsp3) is 0.308. The number of para-hydroxylation sites is 1. The lowest BCUT2D eigenvalue weighted by molar-refractivity contribution is -0.119. The molecule has 0 radical (unpaired) electrons. The van der Waals surface area contributed by atoms with E-state index in [0.29, 0.717) is 0 Å². The van der Waals surface area contributed by atoms with Crippen molar-refractivity contribution in [2.45, 2.75) is 25.9 Å². The average Bonchev–Trinajstić information content (AvgIpc) is 2.37. The van der Waals surface area contributed by atoms with E-state index < -0.39 is 0 Å². The van der Waals surface area contributed by atoms with Gasteiger partial charge in [0, 0.05) is 16.7 Å². The second kappa shape index (κ2) is 4.66. The number of rotatable bonds is 1. The summed E-state index contributed by atoms with van der Waals surface area (Å²) >= 11 is 1.57. The molecule has 18 heavy (non-hydrogen) atoms. The molecule has 2 N–H and O–H groups in total. The van der Waals surface area contributed by atoms with Gasteiger partial charge in [0.2, 0.25) is 0 Å². The lowest BCUT2D eigenvalue weighted by Gasteiger charge is -2.36. The van der Waals surface area contributed by atoms with Gasteiger partial charge in [-0.2, -0.15) is 0 Å². The van der Waals surface area contributed by atoms with E-state index in [1.165, 1.54) is 5.56 Å².